The maximum absolute atomic E-state index is 11.6. The van der Waals surface area contributed by atoms with E-state index < -0.39 is 6.10 Å². The van der Waals surface area contributed by atoms with Crippen LogP contribution >= 0.6 is 0 Å². The summed E-state index contributed by atoms with van der Waals surface area (Å²) in [5.41, 5.74) is 2.21. The molecule has 0 radical (unpaired) electrons. The number of carbonyl (C=O) groups excluding carboxylic acids is 1. The number of carbonyl (C=O) groups is 1. The molecule has 0 N–H and O–H groups in total. The second-order valence-electron chi connectivity index (χ2n) is 5.15. The van der Waals surface area contributed by atoms with Crippen molar-refractivity contribution in [1.82, 2.24) is 9.88 Å². The van der Waals surface area contributed by atoms with Crippen LogP contribution < -0.4 is 0 Å². The summed E-state index contributed by atoms with van der Waals surface area (Å²) in [5, 5.41) is 1.13. The second kappa shape index (κ2) is 6.20. The molecule has 1 saturated heterocycles. The lowest BCUT2D eigenvalue weighted by atomic mass is 10.1. The van der Waals surface area contributed by atoms with Gasteiger partial charge in [-0.15, -0.1) is 0 Å². The highest BCUT2D eigenvalue weighted by Crippen LogP contribution is 2.16. The summed E-state index contributed by atoms with van der Waals surface area (Å²) in [5.74, 6) is -0.303. The van der Waals surface area contributed by atoms with Crippen LogP contribution in [0.5, 0.6) is 0 Å². The SMILES string of the molecule is COC(=O)C1CN(Cc2ccc3ncccc3c2)CCO1. The van der Waals surface area contributed by atoms with Crippen LogP contribution in [0.15, 0.2) is 36.5 Å². The first-order chi connectivity index (χ1) is 10.3. The lowest BCUT2D eigenvalue weighted by Crippen LogP contribution is -2.46. The molecule has 1 fully saturated rings. The molecular formula is C16H18N2O3. The molecule has 5 heteroatoms. The molecule has 1 aliphatic heterocycles. The molecule has 0 amide bonds. The Hall–Kier alpha value is -1.98. The second-order valence-corrected chi connectivity index (χ2v) is 5.15. The Bertz CT molecular complexity index is 644. The molecule has 0 spiro atoms. The van der Waals surface area contributed by atoms with Gasteiger partial charge >= 0.3 is 5.97 Å². The molecule has 5 nitrogen and oxygen atoms in total. The zero-order valence-corrected chi connectivity index (χ0v) is 12.0. The topological polar surface area (TPSA) is 51.7 Å². The van der Waals surface area contributed by atoms with Crippen LogP contribution in [0.4, 0.5) is 0 Å². The van der Waals surface area contributed by atoms with Crippen molar-refractivity contribution in [2.45, 2.75) is 12.6 Å². The van der Waals surface area contributed by atoms with E-state index in [2.05, 4.69) is 28.1 Å². The minimum atomic E-state index is -0.481. The van der Waals surface area contributed by atoms with Gasteiger partial charge in [0.05, 0.1) is 19.2 Å². The standard InChI is InChI=1S/C16H18N2O3/c1-20-16(19)15-11-18(7-8-21-15)10-12-4-5-14-13(9-12)3-2-6-17-14/h2-6,9,15H,7-8,10-11H2,1H3. The summed E-state index contributed by atoms with van der Waals surface area (Å²) in [4.78, 5) is 18.1. The summed E-state index contributed by atoms with van der Waals surface area (Å²) >= 11 is 0. The largest absolute Gasteiger partial charge is 0.467 e. The molecule has 0 bridgehead atoms. The summed E-state index contributed by atoms with van der Waals surface area (Å²) in [7, 11) is 1.39. The number of methoxy groups -OCH3 is 1. The Kier molecular flexibility index (Phi) is 4.13. The van der Waals surface area contributed by atoms with Crippen LogP contribution in [0.3, 0.4) is 0 Å². The fraction of sp³-hybridized carbons (Fsp3) is 0.375. The molecule has 2 heterocycles. The lowest BCUT2D eigenvalue weighted by Gasteiger charge is -2.31. The van der Waals surface area contributed by atoms with E-state index >= 15 is 0 Å². The van der Waals surface area contributed by atoms with Gasteiger partial charge in [0.25, 0.3) is 0 Å². The van der Waals surface area contributed by atoms with Gasteiger partial charge in [-0.2, -0.15) is 0 Å². The van der Waals surface area contributed by atoms with Gasteiger partial charge in [-0.25, -0.2) is 4.79 Å². The van der Waals surface area contributed by atoms with E-state index in [1.165, 1.54) is 12.7 Å². The Morgan fingerprint density at radius 2 is 2.38 bits per heavy atom. The molecule has 110 valence electrons. The fourth-order valence-electron chi connectivity index (χ4n) is 2.60. The Labute approximate surface area is 123 Å². The number of benzene rings is 1. The first kappa shape index (κ1) is 14.0. The maximum atomic E-state index is 11.6. The molecule has 0 aliphatic carbocycles. The van der Waals surface area contributed by atoms with E-state index in [4.69, 9.17) is 9.47 Å². The van der Waals surface area contributed by atoms with Gasteiger partial charge < -0.3 is 9.47 Å². The van der Waals surface area contributed by atoms with Crippen molar-refractivity contribution >= 4 is 16.9 Å². The average molecular weight is 286 g/mol. The zero-order chi connectivity index (χ0) is 14.7. The van der Waals surface area contributed by atoms with Gasteiger partial charge in [-0.3, -0.25) is 9.88 Å². The summed E-state index contributed by atoms with van der Waals surface area (Å²) in [6.45, 7) is 2.73. The van der Waals surface area contributed by atoms with E-state index in [0.29, 0.717) is 13.2 Å². The van der Waals surface area contributed by atoms with Gasteiger partial charge in [0.1, 0.15) is 0 Å². The number of ether oxygens (including phenoxy) is 2. The number of pyridine rings is 1. The summed E-state index contributed by atoms with van der Waals surface area (Å²) < 4.78 is 10.2. The third-order valence-electron chi connectivity index (χ3n) is 3.69. The number of esters is 1. The first-order valence-electron chi connectivity index (χ1n) is 7.02. The number of hydrogen-bond acceptors (Lipinski definition) is 5. The number of aromatic nitrogens is 1. The van der Waals surface area contributed by atoms with E-state index in [1.54, 1.807) is 6.20 Å². The molecule has 2 aromatic rings. The number of morpholine rings is 1. The van der Waals surface area contributed by atoms with Crippen molar-refractivity contribution in [1.29, 1.82) is 0 Å². The first-order valence-corrected chi connectivity index (χ1v) is 7.02. The molecular weight excluding hydrogens is 268 g/mol. The summed E-state index contributed by atoms with van der Waals surface area (Å²) in [6, 6.07) is 10.3. The molecule has 1 atom stereocenters. The van der Waals surface area contributed by atoms with Crippen LogP contribution in [-0.4, -0.2) is 48.8 Å². The minimum Gasteiger partial charge on any atom is -0.467 e. The van der Waals surface area contributed by atoms with Crippen molar-refractivity contribution in [3.63, 3.8) is 0 Å². The third kappa shape index (κ3) is 3.20. The number of hydrogen-bond donors (Lipinski definition) is 0. The average Bonchev–Trinajstić information content (AvgIpc) is 2.54. The van der Waals surface area contributed by atoms with E-state index in [0.717, 1.165) is 24.0 Å². The van der Waals surface area contributed by atoms with Crippen LogP contribution in [0.25, 0.3) is 10.9 Å². The Morgan fingerprint density at radius 1 is 1.48 bits per heavy atom. The van der Waals surface area contributed by atoms with E-state index in [-0.39, 0.29) is 5.97 Å². The molecule has 1 unspecified atom stereocenters. The molecule has 1 aromatic carbocycles. The molecule has 1 aromatic heterocycles. The highest BCUT2D eigenvalue weighted by Gasteiger charge is 2.27. The third-order valence-corrected chi connectivity index (χ3v) is 3.69. The van der Waals surface area contributed by atoms with Crippen molar-refractivity contribution in [3.05, 3.63) is 42.1 Å². The van der Waals surface area contributed by atoms with Crippen molar-refractivity contribution in [2.24, 2.45) is 0 Å². The van der Waals surface area contributed by atoms with Crippen LogP contribution in [0.1, 0.15) is 5.56 Å². The quantitative estimate of drug-likeness (QED) is 0.802. The van der Waals surface area contributed by atoms with E-state index in [9.17, 15) is 4.79 Å². The van der Waals surface area contributed by atoms with Crippen LogP contribution in [0, 0.1) is 0 Å². The normalized spacial score (nSPS) is 19.6. The molecule has 1 aliphatic rings. The monoisotopic (exact) mass is 286 g/mol. The summed E-state index contributed by atoms with van der Waals surface area (Å²) in [6.07, 6.45) is 1.32. The number of nitrogens with zero attached hydrogens (tertiary/aromatic N) is 2. The molecule has 3 rings (SSSR count). The van der Waals surface area contributed by atoms with Crippen molar-refractivity contribution in [3.8, 4) is 0 Å². The van der Waals surface area contributed by atoms with Crippen LogP contribution in [-0.2, 0) is 20.8 Å². The van der Waals surface area contributed by atoms with Gasteiger partial charge in [0.2, 0.25) is 0 Å². The maximum Gasteiger partial charge on any atom is 0.336 e. The van der Waals surface area contributed by atoms with E-state index in [1.807, 2.05) is 12.1 Å². The minimum absolute atomic E-state index is 0.303. The highest BCUT2D eigenvalue weighted by atomic mass is 16.6. The lowest BCUT2D eigenvalue weighted by molar-refractivity contribution is -0.160. The number of rotatable bonds is 3. The molecule has 21 heavy (non-hydrogen) atoms. The van der Waals surface area contributed by atoms with Crippen molar-refractivity contribution in [2.75, 3.05) is 26.8 Å². The Morgan fingerprint density at radius 3 is 3.24 bits per heavy atom. The van der Waals surface area contributed by atoms with Gasteiger partial charge in [0, 0.05) is 31.2 Å². The van der Waals surface area contributed by atoms with Crippen LogP contribution in [0.2, 0.25) is 0 Å². The smallest absolute Gasteiger partial charge is 0.336 e. The predicted octanol–water partition coefficient (Wildman–Crippen LogP) is 1.61. The number of fused-ring (bicyclic) bond motifs is 1. The highest BCUT2D eigenvalue weighted by molar-refractivity contribution is 5.78. The fourth-order valence-corrected chi connectivity index (χ4v) is 2.60. The van der Waals surface area contributed by atoms with Crippen molar-refractivity contribution < 1.29 is 14.3 Å². The van der Waals surface area contributed by atoms with Gasteiger partial charge in [-0.05, 0) is 23.8 Å². The zero-order valence-electron chi connectivity index (χ0n) is 12.0. The molecule has 0 saturated carbocycles. The van der Waals surface area contributed by atoms with Gasteiger partial charge in [0.15, 0.2) is 6.10 Å². The van der Waals surface area contributed by atoms with Gasteiger partial charge in [-0.1, -0.05) is 12.1 Å². The predicted molar refractivity (Wildman–Crippen MR) is 78.8 cm³/mol. The Balaban J connectivity index is 1.71.